The van der Waals surface area contributed by atoms with Crippen LogP contribution in [0.5, 0.6) is 0 Å². The molecule has 0 saturated carbocycles. The molecule has 0 aliphatic rings. The molecule has 0 aliphatic carbocycles. The van der Waals surface area contributed by atoms with E-state index in [0.29, 0.717) is 0 Å². The van der Waals surface area contributed by atoms with Crippen LogP contribution >= 0.6 is 0 Å². The summed E-state index contributed by atoms with van der Waals surface area (Å²) in [5, 5.41) is 9.60. The minimum Gasteiger partial charge on any atom is -0.388 e. The van der Waals surface area contributed by atoms with E-state index in [1.165, 1.54) is 0 Å². The van der Waals surface area contributed by atoms with Gasteiger partial charge in [-0.3, -0.25) is 0 Å². The smallest absolute Gasteiger partial charge is 0.0808 e. The Labute approximate surface area is 69.4 Å². The average Bonchev–Trinajstić information content (AvgIpc) is 1.88. The predicted molar refractivity (Wildman–Crippen MR) is 49.4 cm³/mol. The summed E-state index contributed by atoms with van der Waals surface area (Å²) in [6.45, 7) is 11.6. The fourth-order valence-corrected chi connectivity index (χ4v) is 0.675. The molecule has 0 rings (SSSR count). The van der Waals surface area contributed by atoms with Gasteiger partial charge in [-0.2, -0.15) is 0 Å². The van der Waals surface area contributed by atoms with Crippen molar-refractivity contribution in [3.05, 3.63) is 24.3 Å². The molecule has 1 N–H and O–H groups in total. The van der Waals surface area contributed by atoms with E-state index in [9.17, 15) is 5.11 Å². The number of rotatable bonds is 3. The average molecular weight is 154 g/mol. The molecule has 0 aromatic heterocycles. The van der Waals surface area contributed by atoms with Gasteiger partial charge in [0.25, 0.3) is 0 Å². The van der Waals surface area contributed by atoms with Gasteiger partial charge in [0, 0.05) is 5.41 Å². The molecule has 1 nitrogen and oxygen atoms in total. The third-order valence-electron chi connectivity index (χ3n) is 2.21. The first-order valence-electron chi connectivity index (χ1n) is 3.89. The van der Waals surface area contributed by atoms with E-state index in [0.717, 1.165) is 5.57 Å². The topological polar surface area (TPSA) is 20.2 Å². The molecule has 0 aromatic carbocycles. The number of hydrogen-bond acceptors (Lipinski definition) is 1. The highest BCUT2D eigenvalue weighted by Crippen LogP contribution is 2.29. The Balaban J connectivity index is 4.41. The maximum absolute atomic E-state index is 9.60. The van der Waals surface area contributed by atoms with Crippen LogP contribution in [0.1, 0.15) is 27.7 Å². The Bertz CT molecular complexity index is 166. The largest absolute Gasteiger partial charge is 0.388 e. The lowest BCUT2D eigenvalue weighted by Crippen LogP contribution is -2.28. The van der Waals surface area contributed by atoms with E-state index < -0.39 is 6.10 Å². The van der Waals surface area contributed by atoms with Crippen molar-refractivity contribution in [1.29, 1.82) is 0 Å². The lowest BCUT2D eigenvalue weighted by molar-refractivity contribution is 0.118. The highest BCUT2D eigenvalue weighted by Gasteiger charge is 2.25. The predicted octanol–water partition coefficient (Wildman–Crippen LogP) is 2.53. The van der Waals surface area contributed by atoms with Crippen LogP contribution in [-0.2, 0) is 0 Å². The van der Waals surface area contributed by atoms with Gasteiger partial charge >= 0.3 is 0 Å². The van der Waals surface area contributed by atoms with Gasteiger partial charge < -0.3 is 5.11 Å². The van der Waals surface area contributed by atoms with Crippen LogP contribution < -0.4 is 0 Å². The van der Waals surface area contributed by atoms with E-state index in [-0.39, 0.29) is 5.41 Å². The first-order valence-corrected chi connectivity index (χ1v) is 3.89. The van der Waals surface area contributed by atoms with Gasteiger partial charge in [-0.05, 0) is 13.8 Å². The van der Waals surface area contributed by atoms with Crippen LogP contribution in [0.3, 0.4) is 0 Å². The molecule has 0 spiro atoms. The van der Waals surface area contributed by atoms with E-state index in [1.54, 1.807) is 6.08 Å². The molecule has 0 aliphatic heterocycles. The second-order valence-electron chi connectivity index (χ2n) is 3.47. The summed E-state index contributed by atoms with van der Waals surface area (Å²) >= 11 is 0. The summed E-state index contributed by atoms with van der Waals surface area (Å²) in [5.74, 6) is 0. The molecule has 0 amide bonds. The Kier molecular flexibility index (Phi) is 3.53. The van der Waals surface area contributed by atoms with Gasteiger partial charge in [-0.25, -0.2) is 0 Å². The molecule has 0 aromatic rings. The van der Waals surface area contributed by atoms with Crippen LogP contribution in [0.25, 0.3) is 0 Å². The molecule has 11 heavy (non-hydrogen) atoms. The molecule has 0 radical (unpaired) electrons. The molecule has 0 bridgehead atoms. The van der Waals surface area contributed by atoms with E-state index >= 15 is 0 Å². The van der Waals surface area contributed by atoms with Crippen molar-refractivity contribution in [1.82, 2.24) is 0 Å². The van der Waals surface area contributed by atoms with Crippen molar-refractivity contribution in [3.8, 4) is 0 Å². The Morgan fingerprint density at radius 2 is 2.00 bits per heavy atom. The fourth-order valence-electron chi connectivity index (χ4n) is 0.675. The van der Waals surface area contributed by atoms with Crippen LogP contribution in [0.15, 0.2) is 24.3 Å². The highest BCUT2D eigenvalue weighted by molar-refractivity contribution is 5.11. The highest BCUT2D eigenvalue weighted by atomic mass is 16.3. The zero-order valence-electron chi connectivity index (χ0n) is 7.89. The molecule has 0 fully saturated rings. The van der Waals surface area contributed by atoms with Crippen LogP contribution in [0, 0.1) is 5.41 Å². The number of hydrogen-bond donors (Lipinski definition) is 1. The van der Waals surface area contributed by atoms with Crippen LogP contribution in [0.2, 0.25) is 0 Å². The molecule has 1 heteroatoms. The first kappa shape index (κ1) is 10.4. The summed E-state index contributed by atoms with van der Waals surface area (Å²) in [6.07, 6.45) is 3.22. The minimum atomic E-state index is -0.426. The van der Waals surface area contributed by atoms with E-state index in [2.05, 4.69) is 6.58 Å². The zero-order valence-corrected chi connectivity index (χ0v) is 7.89. The van der Waals surface area contributed by atoms with Crippen LogP contribution in [-0.4, -0.2) is 11.2 Å². The van der Waals surface area contributed by atoms with Crippen molar-refractivity contribution in [2.45, 2.75) is 33.8 Å². The second kappa shape index (κ2) is 3.72. The van der Waals surface area contributed by atoms with Gasteiger partial charge in [0.15, 0.2) is 0 Å². The molecule has 64 valence electrons. The maximum atomic E-state index is 9.60. The molecule has 1 unspecified atom stereocenters. The van der Waals surface area contributed by atoms with Gasteiger partial charge in [0.1, 0.15) is 0 Å². The van der Waals surface area contributed by atoms with Crippen molar-refractivity contribution in [2.75, 3.05) is 0 Å². The van der Waals surface area contributed by atoms with E-state index in [4.69, 9.17) is 0 Å². The van der Waals surface area contributed by atoms with Gasteiger partial charge in [-0.1, -0.05) is 38.2 Å². The van der Waals surface area contributed by atoms with Gasteiger partial charge in [-0.15, -0.1) is 0 Å². The van der Waals surface area contributed by atoms with Gasteiger partial charge in [0.05, 0.1) is 6.10 Å². The Morgan fingerprint density at radius 1 is 1.55 bits per heavy atom. The molecular weight excluding hydrogens is 136 g/mol. The van der Waals surface area contributed by atoms with Crippen molar-refractivity contribution >= 4 is 0 Å². The SMILES string of the molecule is C=C(C)C(C)(C)C(O)/C=C/C. The summed E-state index contributed by atoms with van der Waals surface area (Å²) in [7, 11) is 0. The molecular formula is C10H18O. The maximum Gasteiger partial charge on any atom is 0.0808 e. The summed E-state index contributed by atoms with van der Waals surface area (Å²) < 4.78 is 0. The minimum absolute atomic E-state index is 0.216. The van der Waals surface area contributed by atoms with E-state index in [1.807, 2.05) is 33.8 Å². The lowest BCUT2D eigenvalue weighted by atomic mass is 9.80. The van der Waals surface area contributed by atoms with Gasteiger partial charge in [0.2, 0.25) is 0 Å². The molecule has 0 saturated heterocycles. The monoisotopic (exact) mass is 154 g/mol. The Hall–Kier alpha value is -0.560. The summed E-state index contributed by atoms with van der Waals surface area (Å²) in [4.78, 5) is 0. The lowest BCUT2D eigenvalue weighted by Gasteiger charge is -2.28. The third-order valence-corrected chi connectivity index (χ3v) is 2.21. The zero-order chi connectivity index (χ0) is 9.07. The second-order valence-corrected chi connectivity index (χ2v) is 3.47. The number of aliphatic hydroxyl groups excluding tert-OH is 1. The quantitative estimate of drug-likeness (QED) is 0.619. The van der Waals surface area contributed by atoms with Crippen molar-refractivity contribution in [3.63, 3.8) is 0 Å². The summed E-state index contributed by atoms with van der Waals surface area (Å²) in [6, 6.07) is 0. The van der Waals surface area contributed by atoms with Crippen LogP contribution in [0.4, 0.5) is 0 Å². The number of allylic oxidation sites excluding steroid dienone is 1. The normalized spacial score (nSPS) is 15.4. The number of aliphatic hydroxyl groups is 1. The third kappa shape index (κ3) is 2.51. The standard InChI is InChI=1S/C10H18O/c1-6-7-9(11)10(4,5)8(2)3/h6-7,9,11H,2H2,1,3-5H3/b7-6+. The first-order chi connectivity index (χ1) is 4.92. The Morgan fingerprint density at radius 3 is 2.27 bits per heavy atom. The summed E-state index contributed by atoms with van der Waals surface area (Å²) in [5.41, 5.74) is 0.787. The molecule has 1 atom stereocenters. The molecule has 0 heterocycles. The fraction of sp³-hybridized carbons (Fsp3) is 0.600. The van der Waals surface area contributed by atoms with Crippen molar-refractivity contribution < 1.29 is 5.11 Å². The van der Waals surface area contributed by atoms with Crippen molar-refractivity contribution in [2.24, 2.45) is 5.41 Å².